The monoisotopic (exact) mass is 417 g/mol. The number of nitrogens with zero attached hydrogens (tertiary/aromatic N) is 5. The molecule has 154 valence electrons. The van der Waals surface area contributed by atoms with Crippen LogP contribution in [-0.4, -0.2) is 60.0 Å². The van der Waals surface area contributed by atoms with Gasteiger partial charge in [-0.15, -0.1) is 0 Å². The number of halogens is 2. The molecule has 2 saturated heterocycles. The van der Waals surface area contributed by atoms with Gasteiger partial charge in [0.2, 0.25) is 11.9 Å². The normalized spacial score (nSPS) is 17.1. The van der Waals surface area contributed by atoms with Gasteiger partial charge in [0.15, 0.2) is 0 Å². The molecule has 0 bridgehead atoms. The molecule has 4 rings (SSSR count). The Hall–Kier alpha value is -2.41. The van der Waals surface area contributed by atoms with Crippen LogP contribution in [0, 0.1) is 12.7 Å². The highest BCUT2D eigenvalue weighted by atomic mass is 35.5. The molecule has 0 atom stereocenters. The number of carbonyl (C=O) groups excluding carboxylic acids is 1. The fraction of sp³-hybridized carbons (Fsp3) is 0.476. The van der Waals surface area contributed by atoms with Crippen LogP contribution < -0.4 is 9.80 Å². The lowest BCUT2D eigenvalue weighted by atomic mass is 10.1. The summed E-state index contributed by atoms with van der Waals surface area (Å²) in [6.45, 7) is 6.52. The summed E-state index contributed by atoms with van der Waals surface area (Å²) in [5.41, 5.74) is 1.22. The van der Waals surface area contributed by atoms with Crippen molar-refractivity contribution in [3.63, 3.8) is 0 Å². The molecule has 1 aromatic heterocycles. The molecule has 1 amide bonds. The lowest BCUT2D eigenvalue weighted by Crippen LogP contribution is -2.49. The molecule has 3 heterocycles. The molecule has 2 fully saturated rings. The van der Waals surface area contributed by atoms with Crippen molar-refractivity contribution in [2.24, 2.45) is 0 Å². The van der Waals surface area contributed by atoms with Crippen molar-refractivity contribution in [3.05, 3.63) is 46.4 Å². The molecule has 0 radical (unpaired) electrons. The van der Waals surface area contributed by atoms with Gasteiger partial charge in [-0.1, -0.05) is 17.7 Å². The van der Waals surface area contributed by atoms with E-state index in [4.69, 9.17) is 16.6 Å². The minimum absolute atomic E-state index is 0.0166. The van der Waals surface area contributed by atoms with E-state index in [1.807, 2.05) is 13.0 Å². The highest BCUT2D eigenvalue weighted by molar-refractivity contribution is 6.31. The maximum atomic E-state index is 14.0. The van der Waals surface area contributed by atoms with Gasteiger partial charge >= 0.3 is 0 Å². The van der Waals surface area contributed by atoms with Gasteiger partial charge in [-0.25, -0.2) is 9.37 Å². The Morgan fingerprint density at radius 1 is 1.07 bits per heavy atom. The number of hydrogen-bond donors (Lipinski definition) is 0. The minimum Gasteiger partial charge on any atom is -0.353 e. The van der Waals surface area contributed by atoms with Crippen molar-refractivity contribution in [2.75, 3.05) is 49.1 Å². The summed E-state index contributed by atoms with van der Waals surface area (Å²) in [6.07, 6.45) is 2.34. The first kappa shape index (κ1) is 19.9. The Morgan fingerprint density at radius 3 is 2.48 bits per heavy atom. The molecule has 0 aliphatic carbocycles. The fourth-order valence-electron chi connectivity index (χ4n) is 3.91. The number of piperazine rings is 1. The largest absolute Gasteiger partial charge is 0.353 e. The van der Waals surface area contributed by atoms with Gasteiger partial charge in [0.05, 0.1) is 6.42 Å². The number of aromatic nitrogens is 2. The van der Waals surface area contributed by atoms with Crippen LogP contribution in [0.15, 0.2) is 24.3 Å². The standard InChI is InChI=1S/C21H25ClFN5O/c1-15-13-19(25-21(24-15)28-7-2-3-8-28)26-9-11-27(12-10-26)20(29)14-16-17(22)5-4-6-18(16)23/h4-6,13H,2-3,7-12,14H2,1H3. The van der Waals surface area contributed by atoms with Crippen LogP contribution in [0.2, 0.25) is 5.02 Å². The maximum absolute atomic E-state index is 14.0. The van der Waals surface area contributed by atoms with Crippen LogP contribution in [0.4, 0.5) is 16.2 Å². The first-order valence-corrected chi connectivity index (χ1v) is 10.5. The molecular formula is C21H25ClFN5O. The lowest BCUT2D eigenvalue weighted by molar-refractivity contribution is -0.130. The highest BCUT2D eigenvalue weighted by Gasteiger charge is 2.25. The van der Waals surface area contributed by atoms with Gasteiger partial charge in [0.25, 0.3) is 0 Å². The van der Waals surface area contributed by atoms with E-state index >= 15 is 0 Å². The number of hydrogen-bond acceptors (Lipinski definition) is 5. The van der Waals surface area contributed by atoms with Crippen LogP contribution in [-0.2, 0) is 11.2 Å². The van der Waals surface area contributed by atoms with E-state index in [-0.39, 0.29) is 17.9 Å². The van der Waals surface area contributed by atoms with Gasteiger partial charge < -0.3 is 14.7 Å². The molecule has 29 heavy (non-hydrogen) atoms. The Labute approximate surface area is 175 Å². The predicted octanol–water partition coefficient (Wildman–Crippen LogP) is 3.07. The molecule has 2 aliphatic rings. The first-order chi connectivity index (χ1) is 14.0. The second-order valence-corrected chi connectivity index (χ2v) is 8.01. The second kappa shape index (κ2) is 8.53. The molecule has 0 N–H and O–H groups in total. The summed E-state index contributed by atoms with van der Waals surface area (Å²) in [5.74, 6) is 1.16. The Bertz CT molecular complexity index is 874. The van der Waals surface area contributed by atoms with Crippen LogP contribution in [0.5, 0.6) is 0 Å². The zero-order valence-electron chi connectivity index (χ0n) is 16.6. The van der Waals surface area contributed by atoms with Crippen molar-refractivity contribution in [1.29, 1.82) is 0 Å². The molecule has 0 saturated carbocycles. The summed E-state index contributed by atoms with van der Waals surface area (Å²) < 4.78 is 14.0. The zero-order chi connectivity index (χ0) is 20.4. The van der Waals surface area contributed by atoms with Crippen molar-refractivity contribution >= 4 is 29.3 Å². The second-order valence-electron chi connectivity index (χ2n) is 7.61. The van der Waals surface area contributed by atoms with Crippen molar-refractivity contribution in [1.82, 2.24) is 14.9 Å². The molecule has 6 nitrogen and oxygen atoms in total. The Kier molecular flexibility index (Phi) is 5.85. The van der Waals surface area contributed by atoms with E-state index in [9.17, 15) is 9.18 Å². The summed E-state index contributed by atoms with van der Waals surface area (Å²) >= 11 is 6.06. The van der Waals surface area contributed by atoms with Crippen LogP contribution in [0.3, 0.4) is 0 Å². The van der Waals surface area contributed by atoms with Crippen LogP contribution in [0.25, 0.3) is 0 Å². The van der Waals surface area contributed by atoms with E-state index in [2.05, 4.69) is 14.8 Å². The quantitative estimate of drug-likeness (QED) is 0.765. The number of anilines is 2. The zero-order valence-corrected chi connectivity index (χ0v) is 17.3. The molecule has 1 aromatic carbocycles. The smallest absolute Gasteiger partial charge is 0.227 e. The summed E-state index contributed by atoms with van der Waals surface area (Å²) in [7, 11) is 0. The van der Waals surface area contributed by atoms with Crippen LogP contribution in [0.1, 0.15) is 24.1 Å². The average molecular weight is 418 g/mol. The number of carbonyl (C=O) groups is 1. The lowest BCUT2D eigenvalue weighted by Gasteiger charge is -2.36. The average Bonchev–Trinajstić information content (AvgIpc) is 3.25. The Morgan fingerprint density at radius 2 is 1.79 bits per heavy atom. The van der Waals surface area contributed by atoms with E-state index < -0.39 is 5.82 Å². The van der Waals surface area contributed by atoms with Gasteiger partial charge in [0.1, 0.15) is 11.6 Å². The fourth-order valence-corrected chi connectivity index (χ4v) is 4.14. The van der Waals surface area contributed by atoms with E-state index in [0.29, 0.717) is 31.2 Å². The van der Waals surface area contributed by atoms with Gasteiger partial charge in [0, 0.05) is 61.6 Å². The third kappa shape index (κ3) is 4.45. The number of aryl methyl sites for hydroxylation is 1. The molecule has 0 spiro atoms. The van der Waals surface area contributed by atoms with Crippen molar-refractivity contribution in [3.8, 4) is 0 Å². The molecule has 8 heteroatoms. The summed E-state index contributed by atoms with van der Waals surface area (Å²) in [4.78, 5) is 28.2. The van der Waals surface area contributed by atoms with E-state index in [1.165, 1.54) is 18.9 Å². The Balaban J connectivity index is 1.40. The molecule has 2 aliphatic heterocycles. The van der Waals surface area contributed by atoms with Crippen molar-refractivity contribution < 1.29 is 9.18 Å². The first-order valence-electron chi connectivity index (χ1n) is 10.1. The molecule has 2 aromatic rings. The molecular weight excluding hydrogens is 393 g/mol. The van der Waals surface area contributed by atoms with Gasteiger partial charge in [-0.05, 0) is 31.9 Å². The third-order valence-corrected chi connectivity index (χ3v) is 5.92. The molecule has 0 unspecified atom stereocenters. The van der Waals surface area contributed by atoms with Gasteiger partial charge in [-0.2, -0.15) is 4.98 Å². The number of amides is 1. The topological polar surface area (TPSA) is 52.6 Å². The van der Waals surface area contributed by atoms with Gasteiger partial charge in [-0.3, -0.25) is 4.79 Å². The highest BCUT2D eigenvalue weighted by Crippen LogP contribution is 2.23. The minimum atomic E-state index is -0.435. The van der Waals surface area contributed by atoms with Crippen molar-refractivity contribution in [2.45, 2.75) is 26.2 Å². The van der Waals surface area contributed by atoms with E-state index in [0.717, 1.165) is 30.5 Å². The summed E-state index contributed by atoms with van der Waals surface area (Å²) in [5, 5.41) is 0.294. The third-order valence-electron chi connectivity index (χ3n) is 5.56. The number of rotatable bonds is 4. The summed E-state index contributed by atoms with van der Waals surface area (Å²) in [6, 6.07) is 6.49. The maximum Gasteiger partial charge on any atom is 0.227 e. The SMILES string of the molecule is Cc1cc(N2CCN(C(=O)Cc3c(F)cccc3Cl)CC2)nc(N2CCCC2)n1. The van der Waals surface area contributed by atoms with E-state index in [1.54, 1.807) is 17.0 Å². The van der Waals surface area contributed by atoms with Crippen LogP contribution >= 0.6 is 11.6 Å². The number of benzene rings is 1. The predicted molar refractivity (Wildman–Crippen MR) is 112 cm³/mol.